The number of methoxy groups -OCH3 is 1. The fourth-order valence-corrected chi connectivity index (χ4v) is 2.19. The first-order valence-corrected chi connectivity index (χ1v) is 6.98. The Morgan fingerprint density at radius 2 is 1.94 bits per heavy atom. The van der Waals surface area contributed by atoms with Crippen molar-refractivity contribution in [3.63, 3.8) is 0 Å². The molecule has 18 heavy (non-hydrogen) atoms. The lowest BCUT2D eigenvalue weighted by molar-refractivity contribution is 0.286. The summed E-state index contributed by atoms with van der Waals surface area (Å²) in [6, 6.07) is 8.34. The smallest absolute Gasteiger partial charge is 0.122 e. The molecular formula is C16H27NO. The zero-order valence-electron chi connectivity index (χ0n) is 12.3. The average molecular weight is 249 g/mol. The minimum absolute atomic E-state index is 0.295. The predicted molar refractivity (Wildman–Crippen MR) is 78.3 cm³/mol. The van der Waals surface area contributed by atoms with Crippen LogP contribution in [0.25, 0.3) is 0 Å². The lowest BCUT2D eigenvalue weighted by Crippen LogP contribution is -2.33. The van der Waals surface area contributed by atoms with Gasteiger partial charge in [-0.15, -0.1) is 0 Å². The van der Waals surface area contributed by atoms with Crippen LogP contribution >= 0.6 is 0 Å². The van der Waals surface area contributed by atoms with Gasteiger partial charge in [-0.1, -0.05) is 39.0 Å². The number of rotatable bonds is 8. The number of hydrogen-bond acceptors (Lipinski definition) is 2. The van der Waals surface area contributed by atoms with Gasteiger partial charge in [0.05, 0.1) is 7.11 Å². The molecule has 0 spiro atoms. The minimum Gasteiger partial charge on any atom is -0.496 e. The van der Waals surface area contributed by atoms with Crippen LogP contribution in [0.3, 0.4) is 0 Å². The highest BCUT2D eigenvalue weighted by atomic mass is 16.5. The van der Waals surface area contributed by atoms with Gasteiger partial charge in [0.15, 0.2) is 0 Å². The predicted octanol–water partition coefficient (Wildman–Crippen LogP) is 3.65. The molecule has 0 fully saturated rings. The topological polar surface area (TPSA) is 21.3 Å². The van der Waals surface area contributed by atoms with Gasteiger partial charge in [0.1, 0.15) is 5.75 Å². The zero-order chi connectivity index (χ0) is 13.4. The fraction of sp³-hybridized carbons (Fsp3) is 0.625. The number of nitrogens with one attached hydrogen (secondary N) is 1. The van der Waals surface area contributed by atoms with Gasteiger partial charge in [0.2, 0.25) is 0 Å². The van der Waals surface area contributed by atoms with Gasteiger partial charge in [-0.05, 0) is 42.9 Å². The maximum absolute atomic E-state index is 5.44. The van der Waals surface area contributed by atoms with Gasteiger partial charge in [-0.25, -0.2) is 0 Å². The summed E-state index contributed by atoms with van der Waals surface area (Å²) in [6.45, 7) is 8.98. The van der Waals surface area contributed by atoms with Crippen LogP contribution in [-0.2, 0) is 6.42 Å². The normalized spacial score (nSPS) is 14.2. The van der Waals surface area contributed by atoms with Crippen LogP contribution in [0.4, 0.5) is 0 Å². The second-order valence-electron chi connectivity index (χ2n) is 5.33. The molecule has 1 aromatic carbocycles. The number of benzene rings is 1. The summed E-state index contributed by atoms with van der Waals surface area (Å²) in [7, 11) is 1.75. The fourth-order valence-electron chi connectivity index (χ4n) is 2.19. The largest absolute Gasteiger partial charge is 0.496 e. The highest BCUT2D eigenvalue weighted by Gasteiger charge is 2.23. The van der Waals surface area contributed by atoms with Crippen molar-refractivity contribution in [2.24, 2.45) is 5.41 Å². The number of ether oxygens (including phenoxy) is 1. The molecule has 0 aliphatic heterocycles. The van der Waals surface area contributed by atoms with Gasteiger partial charge >= 0.3 is 0 Å². The molecule has 0 bridgehead atoms. The SMILES string of the molecule is CCCNCC(C)(CC)Cc1ccccc1OC. The third-order valence-corrected chi connectivity index (χ3v) is 3.64. The molecule has 2 heteroatoms. The highest BCUT2D eigenvalue weighted by molar-refractivity contribution is 5.34. The molecule has 2 nitrogen and oxygen atoms in total. The van der Waals surface area contributed by atoms with Crippen LogP contribution in [0.15, 0.2) is 24.3 Å². The van der Waals surface area contributed by atoms with E-state index in [2.05, 4.69) is 38.2 Å². The van der Waals surface area contributed by atoms with Crippen molar-refractivity contribution < 1.29 is 4.74 Å². The Labute approximate surface area is 112 Å². The number of para-hydroxylation sites is 1. The van der Waals surface area contributed by atoms with Crippen molar-refractivity contribution in [3.05, 3.63) is 29.8 Å². The molecule has 0 aliphatic rings. The highest BCUT2D eigenvalue weighted by Crippen LogP contribution is 2.30. The van der Waals surface area contributed by atoms with Crippen molar-refractivity contribution in [1.29, 1.82) is 0 Å². The van der Waals surface area contributed by atoms with E-state index in [4.69, 9.17) is 4.74 Å². The second-order valence-corrected chi connectivity index (χ2v) is 5.33. The average Bonchev–Trinajstić information content (AvgIpc) is 2.40. The molecule has 1 atom stereocenters. The van der Waals surface area contributed by atoms with E-state index >= 15 is 0 Å². The maximum Gasteiger partial charge on any atom is 0.122 e. The first-order valence-electron chi connectivity index (χ1n) is 6.98. The summed E-state index contributed by atoms with van der Waals surface area (Å²) in [6.07, 6.45) is 3.42. The van der Waals surface area contributed by atoms with E-state index < -0.39 is 0 Å². The Bertz CT molecular complexity index is 351. The quantitative estimate of drug-likeness (QED) is 0.710. The summed E-state index contributed by atoms with van der Waals surface area (Å²) in [4.78, 5) is 0. The zero-order valence-corrected chi connectivity index (χ0v) is 12.3. The van der Waals surface area contributed by atoms with Crippen molar-refractivity contribution >= 4 is 0 Å². The molecule has 1 aromatic rings. The van der Waals surface area contributed by atoms with E-state index in [1.807, 2.05) is 12.1 Å². The molecule has 0 amide bonds. The van der Waals surface area contributed by atoms with Gasteiger partial charge in [0.25, 0.3) is 0 Å². The summed E-state index contributed by atoms with van der Waals surface area (Å²) < 4.78 is 5.44. The van der Waals surface area contributed by atoms with E-state index in [9.17, 15) is 0 Å². The maximum atomic E-state index is 5.44. The van der Waals surface area contributed by atoms with Gasteiger partial charge < -0.3 is 10.1 Å². The van der Waals surface area contributed by atoms with E-state index in [1.165, 1.54) is 18.4 Å². The first kappa shape index (κ1) is 15.0. The van der Waals surface area contributed by atoms with Crippen molar-refractivity contribution in [1.82, 2.24) is 5.32 Å². The van der Waals surface area contributed by atoms with Crippen LogP contribution in [0.5, 0.6) is 5.75 Å². The molecule has 0 heterocycles. The molecule has 0 saturated heterocycles. The van der Waals surface area contributed by atoms with Crippen molar-refractivity contribution in [2.45, 2.75) is 40.0 Å². The van der Waals surface area contributed by atoms with E-state index in [-0.39, 0.29) is 0 Å². The van der Waals surface area contributed by atoms with Gasteiger partial charge in [0, 0.05) is 6.54 Å². The van der Waals surface area contributed by atoms with Crippen LogP contribution in [0.1, 0.15) is 39.2 Å². The van der Waals surface area contributed by atoms with E-state index in [0.29, 0.717) is 5.41 Å². The number of hydrogen-bond donors (Lipinski definition) is 1. The third-order valence-electron chi connectivity index (χ3n) is 3.64. The Kier molecular flexibility index (Phi) is 6.20. The summed E-state index contributed by atoms with van der Waals surface area (Å²) in [5.41, 5.74) is 1.60. The Balaban J connectivity index is 2.71. The molecule has 0 saturated carbocycles. The van der Waals surface area contributed by atoms with Crippen molar-refractivity contribution in [3.8, 4) is 5.75 Å². The first-order chi connectivity index (χ1) is 8.65. The van der Waals surface area contributed by atoms with Crippen LogP contribution in [0.2, 0.25) is 0 Å². The second kappa shape index (κ2) is 7.42. The standard InChI is InChI=1S/C16H27NO/c1-5-11-17-13-16(3,6-2)12-14-9-7-8-10-15(14)18-4/h7-10,17H,5-6,11-13H2,1-4H3. The van der Waals surface area contributed by atoms with Crippen LogP contribution in [0, 0.1) is 5.41 Å². The Morgan fingerprint density at radius 3 is 2.56 bits per heavy atom. The molecular weight excluding hydrogens is 222 g/mol. The summed E-state index contributed by atoms with van der Waals surface area (Å²) in [5.74, 6) is 1.01. The molecule has 0 aliphatic carbocycles. The molecule has 1 unspecified atom stereocenters. The minimum atomic E-state index is 0.295. The van der Waals surface area contributed by atoms with Crippen LogP contribution < -0.4 is 10.1 Å². The molecule has 1 N–H and O–H groups in total. The Hall–Kier alpha value is -1.02. The summed E-state index contributed by atoms with van der Waals surface area (Å²) >= 11 is 0. The monoisotopic (exact) mass is 249 g/mol. The molecule has 0 aromatic heterocycles. The molecule has 102 valence electrons. The van der Waals surface area contributed by atoms with Crippen LogP contribution in [-0.4, -0.2) is 20.2 Å². The molecule has 0 radical (unpaired) electrons. The van der Waals surface area contributed by atoms with E-state index in [1.54, 1.807) is 7.11 Å². The van der Waals surface area contributed by atoms with Crippen molar-refractivity contribution in [2.75, 3.05) is 20.2 Å². The van der Waals surface area contributed by atoms with Gasteiger partial charge in [-0.2, -0.15) is 0 Å². The third kappa shape index (κ3) is 4.34. The summed E-state index contributed by atoms with van der Waals surface area (Å²) in [5, 5.41) is 3.54. The molecule has 1 rings (SSSR count). The Morgan fingerprint density at radius 1 is 1.22 bits per heavy atom. The lowest BCUT2D eigenvalue weighted by atomic mass is 9.81. The van der Waals surface area contributed by atoms with Gasteiger partial charge in [-0.3, -0.25) is 0 Å². The van der Waals surface area contributed by atoms with E-state index in [0.717, 1.165) is 25.3 Å². The lowest BCUT2D eigenvalue weighted by Gasteiger charge is -2.29.